The molecule has 0 fully saturated rings. The molecule has 1 aromatic carbocycles. The number of nitrogens with one attached hydrogen (secondary N) is 1. The largest absolute Gasteiger partial charge is 0.322 e. The van der Waals surface area contributed by atoms with Crippen molar-refractivity contribution in [1.29, 1.82) is 0 Å². The molecule has 0 saturated carbocycles. The molecule has 0 unspecified atom stereocenters. The number of amides is 1. The summed E-state index contributed by atoms with van der Waals surface area (Å²) in [6, 6.07) is 9.37. The first-order valence-corrected chi connectivity index (χ1v) is 9.60. The third kappa shape index (κ3) is 3.94. The zero-order valence-corrected chi connectivity index (χ0v) is 17.6. The molecule has 3 aromatic heterocycles. The molecule has 0 aliphatic carbocycles. The van der Waals surface area contributed by atoms with Gasteiger partial charge in [0.2, 0.25) is 5.82 Å². The molecule has 0 aliphatic heterocycles. The van der Waals surface area contributed by atoms with Crippen LogP contribution in [0, 0.1) is 6.92 Å². The Labute approximate surface area is 170 Å². The van der Waals surface area contributed by atoms with Crippen LogP contribution in [0.5, 0.6) is 0 Å². The van der Waals surface area contributed by atoms with Gasteiger partial charge in [0.25, 0.3) is 5.91 Å². The van der Waals surface area contributed by atoms with Crippen molar-refractivity contribution in [2.24, 2.45) is 7.05 Å². The Kier molecular flexibility index (Phi) is 5.84. The van der Waals surface area contributed by atoms with Crippen molar-refractivity contribution in [3.05, 3.63) is 58.3 Å². The number of rotatable bonds is 3. The first-order chi connectivity index (χ1) is 13.5. The van der Waals surface area contributed by atoms with E-state index >= 15 is 0 Å². The predicted molar refractivity (Wildman–Crippen MR) is 111 cm³/mol. The second kappa shape index (κ2) is 8.30. The molecule has 0 atom stereocenters. The summed E-state index contributed by atoms with van der Waals surface area (Å²) in [5.41, 5.74) is 3.62. The minimum Gasteiger partial charge on any atom is -0.322 e. The summed E-state index contributed by atoms with van der Waals surface area (Å²) in [5, 5.41) is 19.2. The van der Waals surface area contributed by atoms with Crippen molar-refractivity contribution in [1.82, 2.24) is 29.8 Å². The van der Waals surface area contributed by atoms with Crippen molar-refractivity contribution < 1.29 is 4.79 Å². The Morgan fingerprint density at radius 3 is 2.68 bits per heavy atom. The molecule has 8 nitrogen and oxygen atoms in total. The zero-order valence-electron chi connectivity index (χ0n) is 16.0. The number of hydrogen-bond acceptors (Lipinski definition) is 5. The van der Waals surface area contributed by atoms with Crippen molar-refractivity contribution in [2.75, 3.05) is 5.32 Å². The first-order valence-electron chi connectivity index (χ1n) is 8.80. The lowest BCUT2D eigenvalue weighted by molar-refractivity contribution is 0.102. The molecule has 144 valence electrons. The number of carbonyl (C=O) groups excluding carboxylic acids is 1. The van der Waals surface area contributed by atoms with E-state index < -0.39 is 0 Å². The Bertz CT molecular complexity index is 1130. The molecule has 28 heavy (non-hydrogen) atoms. The standard InChI is InChI=1S/C17H14BrN7O.C2H6/c1-10-3-4-11(16-21-23-24(2)22-16)7-14(10)20-17(26)13-9-19-25-6-5-12(18)8-15(13)25;1-2/h3-9H,1-2H3,(H,20,26);1-2H3. The van der Waals surface area contributed by atoms with Gasteiger partial charge in [0.05, 0.1) is 24.3 Å². The highest BCUT2D eigenvalue weighted by Gasteiger charge is 2.15. The summed E-state index contributed by atoms with van der Waals surface area (Å²) in [7, 11) is 1.71. The molecule has 0 saturated heterocycles. The molecule has 3 heterocycles. The van der Waals surface area contributed by atoms with Crippen LogP contribution in [0.15, 0.2) is 47.2 Å². The highest BCUT2D eigenvalue weighted by Crippen LogP contribution is 2.24. The van der Waals surface area contributed by atoms with Crippen molar-refractivity contribution in [3.63, 3.8) is 0 Å². The number of anilines is 1. The number of aromatic nitrogens is 6. The lowest BCUT2D eigenvalue weighted by Crippen LogP contribution is -2.12. The van der Waals surface area contributed by atoms with Gasteiger partial charge in [-0.25, -0.2) is 4.52 Å². The summed E-state index contributed by atoms with van der Waals surface area (Å²) in [6.45, 7) is 5.93. The Morgan fingerprint density at radius 2 is 1.96 bits per heavy atom. The summed E-state index contributed by atoms with van der Waals surface area (Å²) in [6.07, 6.45) is 3.35. The molecule has 9 heteroatoms. The summed E-state index contributed by atoms with van der Waals surface area (Å²) in [5.74, 6) is 0.272. The van der Waals surface area contributed by atoms with E-state index in [1.807, 2.05) is 51.1 Å². The number of benzene rings is 1. The van der Waals surface area contributed by atoms with E-state index in [9.17, 15) is 4.79 Å². The van der Waals surface area contributed by atoms with E-state index in [4.69, 9.17) is 0 Å². The second-order valence-electron chi connectivity index (χ2n) is 5.82. The van der Waals surface area contributed by atoms with Crippen LogP contribution in [0.3, 0.4) is 0 Å². The number of carbonyl (C=O) groups is 1. The van der Waals surface area contributed by atoms with Gasteiger partial charge >= 0.3 is 0 Å². The highest BCUT2D eigenvalue weighted by molar-refractivity contribution is 9.10. The third-order valence-corrected chi connectivity index (χ3v) is 4.47. The van der Waals surface area contributed by atoms with Gasteiger partial charge in [-0.05, 0) is 35.9 Å². The fourth-order valence-corrected chi connectivity index (χ4v) is 2.95. The third-order valence-electron chi connectivity index (χ3n) is 3.98. The fraction of sp³-hybridized carbons (Fsp3) is 0.211. The van der Waals surface area contributed by atoms with Crippen LogP contribution in [0.1, 0.15) is 29.8 Å². The van der Waals surface area contributed by atoms with Crippen LogP contribution in [0.2, 0.25) is 0 Å². The monoisotopic (exact) mass is 441 g/mol. The SMILES string of the molecule is CC.Cc1ccc(-c2nnn(C)n2)cc1NC(=O)c1cnn2ccc(Br)cc12. The maximum atomic E-state index is 12.8. The van der Waals surface area contributed by atoms with E-state index in [1.165, 1.54) is 4.80 Å². The van der Waals surface area contributed by atoms with E-state index in [2.05, 4.69) is 41.8 Å². The Hall–Kier alpha value is -3.07. The van der Waals surface area contributed by atoms with Gasteiger partial charge in [-0.3, -0.25) is 4.79 Å². The molecule has 0 aliphatic rings. The number of pyridine rings is 1. The van der Waals surface area contributed by atoms with Crippen LogP contribution in [0.4, 0.5) is 5.69 Å². The van der Waals surface area contributed by atoms with Crippen LogP contribution in [-0.4, -0.2) is 35.7 Å². The molecule has 0 radical (unpaired) electrons. The first kappa shape index (κ1) is 19.7. The molecule has 1 N–H and O–H groups in total. The molecule has 0 bridgehead atoms. The Morgan fingerprint density at radius 1 is 1.18 bits per heavy atom. The molecule has 4 rings (SSSR count). The van der Waals surface area contributed by atoms with Gasteiger partial charge in [0, 0.05) is 21.9 Å². The Balaban J connectivity index is 0.00000109. The van der Waals surface area contributed by atoms with Crippen molar-refractivity contribution >= 4 is 33.0 Å². The lowest BCUT2D eigenvalue weighted by atomic mass is 10.1. The van der Waals surface area contributed by atoms with E-state index in [1.54, 1.807) is 24.0 Å². The topological polar surface area (TPSA) is 90.0 Å². The quantitative estimate of drug-likeness (QED) is 0.520. The summed E-state index contributed by atoms with van der Waals surface area (Å²) in [4.78, 5) is 14.2. The minimum absolute atomic E-state index is 0.231. The smallest absolute Gasteiger partial charge is 0.259 e. The van der Waals surface area contributed by atoms with Crippen LogP contribution in [-0.2, 0) is 7.05 Å². The van der Waals surface area contributed by atoms with E-state index in [0.29, 0.717) is 17.1 Å². The van der Waals surface area contributed by atoms with Crippen LogP contribution >= 0.6 is 15.9 Å². The predicted octanol–water partition coefficient (Wildman–Crippen LogP) is 3.87. The molecule has 4 aromatic rings. The molecule has 1 amide bonds. The van der Waals surface area contributed by atoms with E-state index in [0.717, 1.165) is 21.1 Å². The van der Waals surface area contributed by atoms with E-state index in [-0.39, 0.29) is 5.91 Å². The summed E-state index contributed by atoms with van der Waals surface area (Å²) < 4.78 is 2.54. The van der Waals surface area contributed by atoms with Gasteiger partial charge in [-0.1, -0.05) is 41.9 Å². The number of nitrogens with zero attached hydrogens (tertiary/aromatic N) is 6. The van der Waals surface area contributed by atoms with Crippen LogP contribution in [0.25, 0.3) is 16.9 Å². The number of fused-ring (bicyclic) bond motifs is 1. The van der Waals surface area contributed by atoms with Gasteiger partial charge in [-0.15, -0.1) is 10.2 Å². The molecular weight excluding hydrogens is 422 g/mol. The zero-order chi connectivity index (χ0) is 20.3. The average molecular weight is 442 g/mol. The van der Waals surface area contributed by atoms with Gasteiger partial charge in [-0.2, -0.15) is 9.90 Å². The lowest BCUT2D eigenvalue weighted by Gasteiger charge is -2.09. The second-order valence-corrected chi connectivity index (χ2v) is 6.74. The highest BCUT2D eigenvalue weighted by atomic mass is 79.9. The maximum absolute atomic E-state index is 12.8. The maximum Gasteiger partial charge on any atom is 0.259 e. The number of halogens is 1. The summed E-state index contributed by atoms with van der Waals surface area (Å²) >= 11 is 3.42. The minimum atomic E-state index is -0.231. The average Bonchev–Trinajstić information content (AvgIpc) is 3.31. The van der Waals surface area contributed by atoms with Gasteiger partial charge in [0.1, 0.15) is 0 Å². The van der Waals surface area contributed by atoms with Crippen molar-refractivity contribution in [2.45, 2.75) is 20.8 Å². The molecule has 0 spiro atoms. The number of tetrazole rings is 1. The number of aryl methyl sites for hydroxylation is 2. The normalized spacial score (nSPS) is 10.5. The van der Waals surface area contributed by atoms with Crippen molar-refractivity contribution in [3.8, 4) is 11.4 Å². The van der Waals surface area contributed by atoms with Gasteiger partial charge in [0.15, 0.2) is 0 Å². The molecular formula is C19H20BrN7O. The number of hydrogen-bond donors (Lipinski definition) is 1. The van der Waals surface area contributed by atoms with Gasteiger partial charge < -0.3 is 5.32 Å². The van der Waals surface area contributed by atoms with Crippen LogP contribution < -0.4 is 5.32 Å². The fourth-order valence-electron chi connectivity index (χ4n) is 2.61.